The van der Waals surface area contributed by atoms with E-state index in [0.717, 1.165) is 5.69 Å². The van der Waals surface area contributed by atoms with Gasteiger partial charge < -0.3 is 15.8 Å². The van der Waals surface area contributed by atoms with Crippen molar-refractivity contribution in [3.63, 3.8) is 0 Å². The predicted molar refractivity (Wildman–Crippen MR) is 73.3 cm³/mol. The number of anilines is 2. The third kappa shape index (κ3) is 2.52. The zero-order valence-electron chi connectivity index (χ0n) is 11.1. The van der Waals surface area contributed by atoms with E-state index in [9.17, 15) is 4.79 Å². The fourth-order valence-electron chi connectivity index (χ4n) is 1.69. The van der Waals surface area contributed by atoms with Crippen molar-refractivity contribution in [2.75, 3.05) is 18.2 Å². The Balaban J connectivity index is 2.22. The Hall–Kier alpha value is -2.50. The summed E-state index contributed by atoms with van der Waals surface area (Å²) in [6, 6.07) is 5.10. The molecule has 19 heavy (non-hydrogen) atoms. The number of nitrogens with two attached hydrogens (primary N) is 1. The lowest BCUT2D eigenvalue weighted by Gasteiger charge is -2.09. The van der Waals surface area contributed by atoms with Crippen LogP contribution in [0.15, 0.2) is 24.4 Å². The van der Waals surface area contributed by atoms with Crippen molar-refractivity contribution in [2.24, 2.45) is 7.05 Å². The van der Waals surface area contributed by atoms with Gasteiger partial charge in [0.2, 0.25) is 0 Å². The van der Waals surface area contributed by atoms with Crippen LogP contribution in [-0.2, 0) is 7.05 Å². The van der Waals surface area contributed by atoms with Crippen LogP contribution in [0.4, 0.5) is 11.4 Å². The number of nitrogens with one attached hydrogen (secondary N) is 1. The van der Waals surface area contributed by atoms with Crippen LogP contribution < -0.4 is 15.8 Å². The molecule has 1 amide bonds. The zero-order valence-corrected chi connectivity index (χ0v) is 11.1. The van der Waals surface area contributed by atoms with Gasteiger partial charge in [0.25, 0.3) is 5.91 Å². The lowest BCUT2D eigenvalue weighted by atomic mass is 10.2. The summed E-state index contributed by atoms with van der Waals surface area (Å²) in [6.07, 6.45) is 1.53. The second-order valence-electron chi connectivity index (χ2n) is 4.17. The zero-order chi connectivity index (χ0) is 14.0. The largest absolute Gasteiger partial charge is 0.497 e. The van der Waals surface area contributed by atoms with Gasteiger partial charge in [-0.2, -0.15) is 5.10 Å². The van der Waals surface area contributed by atoms with Crippen molar-refractivity contribution in [1.29, 1.82) is 0 Å². The molecule has 6 heteroatoms. The number of amides is 1. The molecular weight excluding hydrogens is 244 g/mol. The van der Waals surface area contributed by atoms with E-state index in [0.29, 0.717) is 22.7 Å². The summed E-state index contributed by atoms with van der Waals surface area (Å²) in [7, 11) is 3.35. The number of benzene rings is 1. The van der Waals surface area contributed by atoms with Gasteiger partial charge in [-0.15, -0.1) is 0 Å². The maximum absolute atomic E-state index is 12.1. The molecule has 1 aromatic carbocycles. The van der Waals surface area contributed by atoms with Crippen molar-refractivity contribution in [1.82, 2.24) is 9.78 Å². The number of ether oxygens (including phenoxy) is 1. The Labute approximate surface area is 111 Å². The normalized spacial score (nSPS) is 10.3. The number of rotatable bonds is 3. The fraction of sp³-hybridized carbons (Fsp3) is 0.231. The summed E-state index contributed by atoms with van der Waals surface area (Å²) in [5.41, 5.74) is 8.18. The fourth-order valence-corrected chi connectivity index (χ4v) is 1.69. The van der Waals surface area contributed by atoms with E-state index in [1.807, 2.05) is 6.92 Å². The second kappa shape index (κ2) is 5.01. The average Bonchev–Trinajstić information content (AvgIpc) is 2.72. The SMILES string of the molecule is COc1ccc(NC(=O)c2cnn(C)c2C)c(N)c1. The lowest BCUT2D eigenvalue weighted by molar-refractivity contribution is 0.102. The summed E-state index contributed by atoms with van der Waals surface area (Å²) in [5, 5.41) is 6.79. The minimum Gasteiger partial charge on any atom is -0.497 e. The number of aromatic nitrogens is 2. The molecule has 0 aliphatic carbocycles. The van der Waals surface area contributed by atoms with Crippen molar-refractivity contribution < 1.29 is 9.53 Å². The van der Waals surface area contributed by atoms with Gasteiger partial charge in [-0.1, -0.05) is 0 Å². The van der Waals surface area contributed by atoms with Crippen LogP contribution >= 0.6 is 0 Å². The van der Waals surface area contributed by atoms with E-state index in [-0.39, 0.29) is 5.91 Å². The van der Waals surface area contributed by atoms with Crippen molar-refractivity contribution in [2.45, 2.75) is 6.92 Å². The highest BCUT2D eigenvalue weighted by Crippen LogP contribution is 2.24. The molecule has 2 aromatic rings. The molecule has 2 rings (SSSR count). The summed E-state index contributed by atoms with van der Waals surface area (Å²) in [5.74, 6) is 0.413. The Morgan fingerprint density at radius 2 is 2.21 bits per heavy atom. The molecule has 1 heterocycles. The molecule has 0 fully saturated rings. The average molecular weight is 260 g/mol. The predicted octanol–water partition coefficient (Wildman–Crippen LogP) is 1.57. The van der Waals surface area contributed by atoms with Gasteiger partial charge in [-0.3, -0.25) is 9.48 Å². The third-order valence-electron chi connectivity index (χ3n) is 2.99. The smallest absolute Gasteiger partial charge is 0.259 e. The molecular formula is C13H16N4O2. The van der Waals surface area contributed by atoms with Gasteiger partial charge >= 0.3 is 0 Å². The van der Waals surface area contributed by atoms with Crippen molar-refractivity contribution >= 4 is 17.3 Å². The number of methoxy groups -OCH3 is 1. The monoisotopic (exact) mass is 260 g/mol. The molecule has 0 aliphatic heterocycles. The molecule has 1 aromatic heterocycles. The molecule has 6 nitrogen and oxygen atoms in total. The first kappa shape index (κ1) is 12.9. The van der Waals surface area contributed by atoms with Gasteiger partial charge in [-0.05, 0) is 19.1 Å². The molecule has 0 atom stereocenters. The summed E-state index contributed by atoms with van der Waals surface area (Å²) in [4.78, 5) is 12.1. The summed E-state index contributed by atoms with van der Waals surface area (Å²) < 4.78 is 6.70. The molecule has 0 spiro atoms. The van der Waals surface area contributed by atoms with E-state index in [1.54, 1.807) is 37.0 Å². The topological polar surface area (TPSA) is 82.2 Å². The third-order valence-corrected chi connectivity index (χ3v) is 2.99. The van der Waals surface area contributed by atoms with E-state index in [2.05, 4.69) is 10.4 Å². The quantitative estimate of drug-likeness (QED) is 0.821. The van der Waals surface area contributed by atoms with Crippen LogP contribution in [-0.4, -0.2) is 22.8 Å². The van der Waals surface area contributed by atoms with Gasteiger partial charge in [0.15, 0.2) is 0 Å². The Bertz CT molecular complexity index is 619. The molecule has 3 N–H and O–H groups in total. The number of carbonyl (C=O) groups excluding carboxylic acids is 1. The molecule has 0 saturated heterocycles. The van der Waals surface area contributed by atoms with Gasteiger partial charge in [-0.25, -0.2) is 0 Å². The van der Waals surface area contributed by atoms with Crippen LogP contribution in [0.25, 0.3) is 0 Å². The first-order valence-electron chi connectivity index (χ1n) is 5.76. The van der Waals surface area contributed by atoms with Crippen LogP contribution in [0, 0.1) is 6.92 Å². The number of nitrogen functional groups attached to an aromatic ring is 1. The number of carbonyl (C=O) groups is 1. The number of hydrogen-bond acceptors (Lipinski definition) is 4. The first-order chi connectivity index (χ1) is 9.02. The summed E-state index contributed by atoms with van der Waals surface area (Å²) in [6.45, 7) is 1.83. The second-order valence-corrected chi connectivity index (χ2v) is 4.17. The molecule has 100 valence electrons. The Morgan fingerprint density at radius 3 is 2.74 bits per heavy atom. The molecule has 0 unspecified atom stereocenters. The van der Waals surface area contributed by atoms with Crippen LogP contribution in [0.5, 0.6) is 5.75 Å². The maximum atomic E-state index is 12.1. The summed E-state index contributed by atoms with van der Waals surface area (Å²) >= 11 is 0. The molecule has 0 saturated carbocycles. The molecule has 0 bridgehead atoms. The molecule has 0 aliphatic rings. The standard InChI is InChI=1S/C13H16N4O2/c1-8-10(7-15-17(8)2)13(18)16-12-5-4-9(19-3)6-11(12)14/h4-7H,14H2,1-3H3,(H,16,18). The molecule has 0 radical (unpaired) electrons. The van der Waals surface area contributed by atoms with Crippen LogP contribution in [0.3, 0.4) is 0 Å². The highest BCUT2D eigenvalue weighted by Gasteiger charge is 2.14. The number of nitrogens with zero attached hydrogens (tertiary/aromatic N) is 2. The van der Waals surface area contributed by atoms with Gasteiger partial charge in [0.05, 0.1) is 30.2 Å². The Kier molecular flexibility index (Phi) is 3.41. The van der Waals surface area contributed by atoms with Crippen LogP contribution in [0.2, 0.25) is 0 Å². The lowest BCUT2D eigenvalue weighted by Crippen LogP contribution is -2.14. The number of hydrogen-bond donors (Lipinski definition) is 2. The minimum atomic E-state index is -0.234. The van der Waals surface area contributed by atoms with Crippen LogP contribution in [0.1, 0.15) is 16.1 Å². The van der Waals surface area contributed by atoms with Crippen molar-refractivity contribution in [3.05, 3.63) is 35.7 Å². The first-order valence-corrected chi connectivity index (χ1v) is 5.76. The maximum Gasteiger partial charge on any atom is 0.259 e. The van der Waals surface area contributed by atoms with E-state index in [4.69, 9.17) is 10.5 Å². The van der Waals surface area contributed by atoms with Crippen molar-refractivity contribution in [3.8, 4) is 5.75 Å². The Morgan fingerprint density at radius 1 is 1.47 bits per heavy atom. The minimum absolute atomic E-state index is 0.234. The van der Waals surface area contributed by atoms with E-state index < -0.39 is 0 Å². The van der Waals surface area contributed by atoms with E-state index >= 15 is 0 Å². The van der Waals surface area contributed by atoms with Gasteiger partial charge in [0.1, 0.15) is 5.75 Å². The number of aryl methyl sites for hydroxylation is 1. The highest BCUT2D eigenvalue weighted by molar-refractivity contribution is 6.06. The highest BCUT2D eigenvalue weighted by atomic mass is 16.5. The van der Waals surface area contributed by atoms with Gasteiger partial charge in [0, 0.05) is 18.8 Å². The van der Waals surface area contributed by atoms with E-state index in [1.165, 1.54) is 6.20 Å².